The molecule has 0 aliphatic rings. The summed E-state index contributed by atoms with van der Waals surface area (Å²) < 4.78 is 34.2. The highest BCUT2D eigenvalue weighted by molar-refractivity contribution is 7.89. The molecule has 1 rings (SSSR count). The van der Waals surface area contributed by atoms with Crippen molar-refractivity contribution >= 4 is 18.3 Å². The number of hydrogen-bond donors (Lipinski definition) is 1. The van der Waals surface area contributed by atoms with Gasteiger partial charge in [0.1, 0.15) is 0 Å². The van der Waals surface area contributed by atoms with Gasteiger partial charge in [0.05, 0.1) is 11.5 Å². The molecule has 0 bridgehead atoms. The Morgan fingerprint density at radius 2 is 1.80 bits per heavy atom. The van der Waals surface area contributed by atoms with Gasteiger partial charge in [-0.15, -0.1) is 12.3 Å². The second kappa shape index (κ2) is 8.50. The molecule has 1 atom stereocenters. The lowest BCUT2D eigenvalue weighted by atomic mass is 10.2. The van der Waals surface area contributed by atoms with Gasteiger partial charge in [0.2, 0.25) is 10.0 Å². The maximum absolute atomic E-state index is 12.6. The number of nitrogens with one attached hydrogen (secondary N) is 1. The minimum Gasteiger partial charge on any atom is -0.415 e. The van der Waals surface area contributed by atoms with Gasteiger partial charge in [-0.05, 0) is 43.6 Å². The number of sulfonamides is 1. The minimum absolute atomic E-state index is 0.0689. The normalized spacial score (nSPS) is 14.1. The van der Waals surface area contributed by atoms with Crippen molar-refractivity contribution in [3.05, 3.63) is 29.8 Å². The van der Waals surface area contributed by atoms with Crippen molar-refractivity contribution < 1.29 is 12.8 Å². The van der Waals surface area contributed by atoms with Crippen LogP contribution in [-0.4, -0.2) is 29.4 Å². The van der Waals surface area contributed by atoms with Gasteiger partial charge in [-0.2, -0.15) is 0 Å². The Kier molecular flexibility index (Phi) is 7.45. The van der Waals surface area contributed by atoms with Crippen LogP contribution in [0.3, 0.4) is 0 Å². The fourth-order valence-electron chi connectivity index (χ4n) is 1.96. The minimum atomic E-state index is -3.59. The fourth-order valence-corrected chi connectivity index (χ4v) is 4.27. The Hall–Kier alpha value is -1.13. The number of benzene rings is 1. The molecular weight excluding hydrogens is 350 g/mol. The summed E-state index contributed by atoms with van der Waals surface area (Å²) >= 11 is 0. The fraction of sp³-hybridized carbons (Fsp3) is 0.579. The molecular formula is C19H31NO3SSi. The van der Waals surface area contributed by atoms with Gasteiger partial charge in [-0.3, -0.25) is 0 Å². The van der Waals surface area contributed by atoms with Gasteiger partial charge in [0.15, 0.2) is 8.32 Å². The Balaban J connectivity index is 2.89. The molecule has 1 N–H and O–H groups in total. The smallest absolute Gasteiger partial charge is 0.240 e. The van der Waals surface area contributed by atoms with E-state index >= 15 is 0 Å². The molecule has 1 aromatic rings. The zero-order valence-electron chi connectivity index (χ0n) is 16.2. The molecule has 0 fully saturated rings. The van der Waals surface area contributed by atoms with E-state index in [1.165, 1.54) is 0 Å². The van der Waals surface area contributed by atoms with E-state index in [-0.39, 0.29) is 16.0 Å². The van der Waals surface area contributed by atoms with E-state index in [9.17, 15) is 8.42 Å². The predicted octanol–water partition coefficient (Wildman–Crippen LogP) is 4.08. The summed E-state index contributed by atoms with van der Waals surface area (Å²) in [5.41, 5.74) is 1.02. The third-order valence-electron chi connectivity index (χ3n) is 4.74. The van der Waals surface area contributed by atoms with Gasteiger partial charge in [-0.25, -0.2) is 13.1 Å². The first-order chi connectivity index (χ1) is 11.4. The van der Waals surface area contributed by atoms with Crippen LogP contribution in [-0.2, 0) is 14.4 Å². The third-order valence-corrected chi connectivity index (χ3v) is 10.8. The topological polar surface area (TPSA) is 55.4 Å². The van der Waals surface area contributed by atoms with Crippen LogP contribution >= 0.6 is 0 Å². The van der Waals surface area contributed by atoms with Crippen LogP contribution in [0.1, 0.15) is 39.2 Å². The van der Waals surface area contributed by atoms with Crippen LogP contribution < -0.4 is 4.72 Å². The first-order valence-corrected chi connectivity index (χ1v) is 12.9. The zero-order chi connectivity index (χ0) is 19.3. The standard InChI is InChI=1S/C19H31NO3SSi/c1-8-9-10-17(15-23-25(6,7)19(3,4)5)20-24(21,22)18-13-11-16(2)12-14-18/h1,11-14,17,20H,9-10,15H2,2-7H3/t17-/m0/s1. The van der Waals surface area contributed by atoms with E-state index < -0.39 is 18.3 Å². The van der Waals surface area contributed by atoms with Gasteiger partial charge < -0.3 is 4.43 Å². The SMILES string of the molecule is C#CCC[C@@H](CO[Si](C)(C)C(C)(C)C)NS(=O)(=O)c1ccc(C)cc1. The molecule has 0 aliphatic heterocycles. The summed E-state index contributed by atoms with van der Waals surface area (Å²) in [6.45, 7) is 13.0. The summed E-state index contributed by atoms with van der Waals surface area (Å²) in [4.78, 5) is 0.260. The first kappa shape index (κ1) is 21.9. The Morgan fingerprint density at radius 3 is 2.28 bits per heavy atom. The maximum Gasteiger partial charge on any atom is 0.240 e. The van der Waals surface area contributed by atoms with E-state index in [2.05, 4.69) is 44.5 Å². The van der Waals surface area contributed by atoms with Crippen LogP contribution in [0.25, 0.3) is 0 Å². The third kappa shape index (κ3) is 6.59. The van der Waals surface area contributed by atoms with Gasteiger partial charge in [0, 0.05) is 12.5 Å². The van der Waals surface area contributed by atoms with E-state index in [0.717, 1.165) is 5.56 Å². The summed E-state index contributed by atoms with van der Waals surface area (Å²) in [6.07, 6.45) is 6.41. The van der Waals surface area contributed by atoms with Gasteiger partial charge in [-0.1, -0.05) is 38.5 Å². The molecule has 0 radical (unpaired) electrons. The number of terminal acetylenes is 1. The molecule has 0 saturated heterocycles. The van der Waals surface area contributed by atoms with Crippen molar-refractivity contribution in [2.24, 2.45) is 0 Å². The highest BCUT2D eigenvalue weighted by Gasteiger charge is 2.37. The number of rotatable bonds is 8. The molecule has 0 saturated carbocycles. The molecule has 4 nitrogen and oxygen atoms in total. The largest absolute Gasteiger partial charge is 0.415 e. The van der Waals surface area contributed by atoms with E-state index in [1.807, 2.05) is 6.92 Å². The van der Waals surface area contributed by atoms with E-state index in [4.69, 9.17) is 10.8 Å². The summed E-state index contributed by atoms with van der Waals surface area (Å²) in [7, 11) is -5.55. The first-order valence-electron chi connectivity index (χ1n) is 8.55. The molecule has 0 amide bonds. The molecule has 25 heavy (non-hydrogen) atoms. The number of hydrogen-bond acceptors (Lipinski definition) is 3. The molecule has 0 heterocycles. The highest BCUT2D eigenvalue weighted by Crippen LogP contribution is 2.36. The molecule has 140 valence electrons. The van der Waals surface area contributed by atoms with Crippen LogP contribution in [0.4, 0.5) is 0 Å². The van der Waals surface area contributed by atoms with Crippen molar-refractivity contribution in [1.82, 2.24) is 4.72 Å². The van der Waals surface area contributed by atoms with Gasteiger partial charge >= 0.3 is 0 Å². The van der Waals surface area contributed by atoms with E-state index in [1.54, 1.807) is 24.3 Å². The van der Waals surface area contributed by atoms with Crippen molar-refractivity contribution in [2.75, 3.05) is 6.61 Å². The van der Waals surface area contributed by atoms with Crippen LogP contribution in [0, 0.1) is 19.3 Å². The summed E-state index contributed by atoms with van der Waals surface area (Å²) in [6, 6.07) is 6.47. The zero-order valence-corrected chi connectivity index (χ0v) is 18.0. The van der Waals surface area contributed by atoms with Crippen LogP contribution in [0.5, 0.6) is 0 Å². The lowest BCUT2D eigenvalue weighted by Gasteiger charge is -2.37. The highest BCUT2D eigenvalue weighted by atomic mass is 32.2. The maximum atomic E-state index is 12.6. The second-order valence-electron chi connectivity index (χ2n) is 7.95. The Morgan fingerprint density at radius 1 is 1.24 bits per heavy atom. The molecule has 1 aromatic carbocycles. The van der Waals surface area contributed by atoms with Crippen LogP contribution in [0.2, 0.25) is 18.1 Å². The van der Waals surface area contributed by atoms with Crippen molar-refractivity contribution in [1.29, 1.82) is 0 Å². The Bertz CT molecular complexity index is 698. The molecule has 0 aliphatic carbocycles. The average molecular weight is 382 g/mol. The molecule has 0 aromatic heterocycles. The van der Waals surface area contributed by atoms with Crippen molar-refractivity contribution in [3.8, 4) is 12.3 Å². The van der Waals surface area contributed by atoms with Crippen LogP contribution in [0.15, 0.2) is 29.2 Å². The number of aryl methyl sites for hydroxylation is 1. The lowest BCUT2D eigenvalue weighted by Crippen LogP contribution is -2.46. The summed E-state index contributed by atoms with van der Waals surface area (Å²) in [5.74, 6) is 2.58. The Labute approximate surface area is 154 Å². The molecule has 0 unspecified atom stereocenters. The van der Waals surface area contributed by atoms with E-state index in [0.29, 0.717) is 19.4 Å². The molecule has 6 heteroatoms. The predicted molar refractivity (Wildman–Crippen MR) is 107 cm³/mol. The monoisotopic (exact) mass is 381 g/mol. The van der Waals surface area contributed by atoms with Crippen molar-refractivity contribution in [3.63, 3.8) is 0 Å². The quantitative estimate of drug-likeness (QED) is 0.545. The average Bonchev–Trinajstić information content (AvgIpc) is 2.49. The molecule has 0 spiro atoms. The lowest BCUT2D eigenvalue weighted by molar-refractivity contribution is 0.250. The summed E-state index contributed by atoms with van der Waals surface area (Å²) in [5, 5.41) is 0.0689. The van der Waals surface area contributed by atoms with Crippen molar-refractivity contribution in [2.45, 2.75) is 69.6 Å². The van der Waals surface area contributed by atoms with Gasteiger partial charge in [0.25, 0.3) is 0 Å². The second-order valence-corrected chi connectivity index (χ2v) is 14.5.